The fourth-order valence-electron chi connectivity index (χ4n) is 7.33. The molecular formula is C27H42O. The minimum Gasteiger partial charge on any atom is -0.508 e. The molecule has 3 aliphatic carbocycles. The molecule has 28 heavy (non-hydrogen) atoms. The average molecular weight is 383 g/mol. The Kier molecular flexibility index (Phi) is 6.38. The van der Waals surface area contributed by atoms with Gasteiger partial charge in [-0.2, -0.15) is 0 Å². The summed E-state index contributed by atoms with van der Waals surface area (Å²) in [5.74, 6) is 3.80. The van der Waals surface area contributed by atoms with Crippen LogP contribution in [0.15, 0.2) is 18.2 Å². The van der Waals surface area contributed by atoms with Crippen LogP contribution in [0.5, 0.6) is 5.75 Å². The van der Waals surface area contributed by atoms with E-state index in [1.54, 1.807) is 0 Å². The van der Waals surface area contributed by atoms with Crippen molar-refractivity contribution in [3.8, 4) is 5.75 Å². The fraction of sp³-hybridized carbons (Fsp3) is 0.778. The second-order valence-corrected chi connectivity index (χ2v) is 10.8. The Morgan fingerprint density at radius 2 is 1.64 bits per heavy atom. The van der Waals surface area contributed by atoms with E-state index in [4.69, 9.17) is 0 Å². The molecule has 0 saturated heterocycles. The van der Waals surface area contributed by atoms with E-state index >= 15 is 0 Å². The van der Waals surface area contributed by atoms with Gasteiger partial charge in [-0.1, -0.05) is 70.9 Å². The Morgan fingerprint density at radius 1 is 0.929 bits per heavy atom. The quantitative estimate of drug-likeness (QED) is 0.560. The van der Waals surface area contributed by atoms with Crippen LogP contribution in [0.2, 0.25) is 0 Å². The van der Waals surface area contributed by atoms with Crippen LogP contribution in [-0.4, -0.2) is 5.11 Å². The molecule has 0 amide bonds. The molecule has 1 aromatic carbocycles. The molecule has 1 nitrogen and oxygen atoms in total. The van der Waals surface area contributed by atoms with Gasteiger partial charge in [0.25, 0.3) is 0 Å². The molecule has 156 valence electrons. The number of rotatable bonds is 3. The van der Waals surface area contributed by atoms with Gasteiger partial charge in [0.15, 0.2) is 0 Å². The third-order valence-electron chi connectivity index (χ3n) is 8.50. The van der Waals surface area contributed by atoms with Crippen molar-refractivity contribution < 1.29 is 5.11 Å². The second-order valence-electron chi connectivity index (χ2n) is 10.8. The van der Waals surface area contributed by atoms with Crippen LogP contribution < -0.4 is 0 Å². The first kappa shape index (κ1) is 20.3. The fourth-order valence-corrected chi connectivity index (χ4v) is 7.33. The Hall–Kier alpha value is -0.980. The maximum Gasteiger partial charge on any atom is 0.119 e. The number of hydrogen-bond acceptors (Lipinski definition) is 1. The average Bonchev–Trinajstić information content (AvgIpc) is 2.81. The van der Waals surface area contributed by atoms with Crippen molar-refractivity contribution in [2.75, 3.05) is 0 Å². The summed E-state index contributed by atoms with van der Waals surface area (Å²) in [6.07, 6.45) is 19.1. The molecule has 4 unspecified atom stereocenters. The van der Waals surface area contributed by atoms with Gasteiger partial charge in [-0.25, -0.2) is 0 Å². The molecule has 1 aromatic rings. The van der Waals surface area contributed by atoms with Crippen molar-refractivity contribution in [2.24, 2.45) is 17.8 Å². The van der Waals surface area contributed by atoms with Gasteiger partial charge in [0.05, 0.1) is 0 Å². The normalized spacial score (nSPS) is 35.0. The molecule has 0 radical (unpaired) electrons. The molecule has 0 aromatic heterocycles. The lowest BCUT2D eigenvalue weighted by Crippen LogP contribution is -2.42. The summed E-state index contributed by atoms with van der Waals surface area (Å²) < 4.78 is 0. The van der Waals surface area contributed by atoms with Crippen LogP contribution in [-0.2, 0) is 5.41 Å². The van der Waals surface area contributed by atoms with E-state index in [1.165, 1.54) is 101 Å². The van der Waals surface area contributed by atoms with E-state index in [0.29, 0.717) is 11.7 Å². The molecule has 1 N–H and O–H groups in total. The highest BCUT2D eigenvalue weighted by Gasteiger charge is 2.47. The Labute approximate surface area is 173 Å². The van der Waals surface area contributed by atoms with Gasteiger partial charge < -0.3 is 5.11 Å². The highest BCUT2D eigenvalue weighted by molar-refractivity contribution is 5.44. The van der Waals surface area contributed by atoms with Gasteiger partial charge in [0, 0.05) is 5.56 Å². The molecule has 0 spiro atoms. The van der Waals surface area contributed by atoms with Crippen molar-refractivity contribution in [3.05, 3.63) is 29.3 Å². The van der Waals surface area contributed by atoms with Gasteiger partial charge >= 0.3 is 0 Å². The first-order valence-electron chi connectivity index (χ1n) is 12.4. The molecule has 4 atom stereocenters. The lowest BCUT2D eigenvalue weighted by atomic mass is 9.53. The van der Waals surface area contributed by atoms with E-state index < -0.39 is 0 Å². The summed E-state index contributed by atoms with van der Waals surface area (Å²) >= 11 is 0. The van der Waals surface area contributed by atoms with Crippen molar-refractivity contribution >= 4 is 0 Å². The third-order valence-corrected chi connectivity index (χ3v) is 8.50. The monoisotopic (exact) mass is 382 g/mol. The van der Waals surface area contributed by atoms with Gasteiger partial charge in [0.1, 0.15) is 5.75 Å². The highest BCUT2D eigenvalue weighted by atomic mass is 16.3. The minimum atomic E-state index is 0.236. The van der Waals surface area contributed by atoms with Crippen LogP contribution >= 0.6 is 0 Å². The van der Waals surface area contributed by atoms with Crippen molar-refractivity contribution in [3.63, 3.8) is 0 Å². The predicted molar refractivity (Wildman–Crippen MR) is 119 cm³/mol. The maximum absolute atomic E-state index is 11.0. The van der Waals surface area contributed by atoms with Crippen LogP contribution in [0.25, 0.3) is 0 Å². The number of benzene rings is 1. The van der Waals surface area contributed by atoms with Gasteiger partial charge in [-0.15, -0.1) is 0 Å². The predicted octanol–water partition coefficient (Wildman–Crippen LogP) is 8.10. The molecule has 3 saturated carbocycles. The van der Waals surface area contributed by atoms with Crippen molar-refractivity contribution in [1.82, 2.24) is 0 Å². The zero-order valence-corrected chi connectivity index (χ0v) is 18.4. The Morgan fingerprint density at radius 3 is 2.36 bits per heavy atom. The summed E-state index contributed by atoms with van der Waals surface area (Å²) in [5.41, 5.74) is 3.08. The summed E-state index contributed by atoms with van der Waals surface area (Å²) in [4.78, 5) is 0. The largest absolute Gasteiger partial charge is 0.508 e. The van der Waals surface area contributed by atoms with Crippen LogP contribution in [0, 0.1) is 17.8 Å². The number of phenolic OH excluding ortho intramolecular Hbond substituents is 1. The smallest absolute Gasteiger partial charge is 0.119 e. The number of hydrogen-bond donors (Lipinski definition) is 1. The third kappa shape index (κ3) is 4.29. The zero-order valence-electron chi connectivity index (χ0n) is 18.4. The number of phenols is 1. The van der Waals surface area contributed by atoms with E-state index in [2.05, 4.69) is 32.0 Å². The molecule has 0 heterocycles. The van der Waals surface area contributed by atoms with E-state index in [9.17, 15) is 5.11 Å². The molecule has 1 heteroatoms. The van der Waals surface area contributed by atoms with E-state index in [-0.39, 0.29) is 5.41 Å². The minimum absolute atomic E-state index is 0.236. The number of aromatic hydroxyl groups is 1. The summed E-state index contributed by atoms with van der Waals surface area (Å²) in [6, 6.07) is 6.78. The zero-order chi connectivity index (χ0) is 19.6. The first-order valence-corrected chi connectivity index (χ1v) is 12.4. The van der Waals surface area contributed by atoms with Crippen molar-refractivity contribution in [1.29, 1.82) is 0 Å². The van der Waals surface area contributed by atoms with Gasteiger partial charge in [0.2, 0.25) is 0 Å². The van der Waals surface area contributed by atoms with Crippen LogP contribution in [0.4, 0.5) is 0 Å². The second kappa shape index (κ2) is 8.80. The highest BCUT2D eigenvalue weighted by Crippen LogP contribution is 2.56. The summed E-state index contributed by atoms with van der Waals surface area (Å²) in [5, 5.41) is 11.0. The topological polar surface area (TPSA) is 20.2 Å². The molecule has 4 rings (SSSR count). The van der Waals surface area contributed by atoms with Gasteiger partial charge in [-0.3, -0.25) is 0 Å². The van der Waals surface area contributed by atoms with E-state index in [1.807, 2.05) is 0 Å². The Balaban J connectivity index is 1.65. The number of fused-ring (bicyclic) bond motifs is 2. The van der Waals surface area contributed by atoms with Crippen LogP contribution in [0.3, 0.4) is 0 Å². The van der Waals surface area contributed by atoms with Crippen LogP contribution in [0.1, 0.15) is 121 Å². The molecular weight excluding hydrogens is 340 g/mol. The molecule has 2 bridgehead atoms. The van der Waals surface area contributed by atoms with Crippen molar-refractivity contribution in [2.45, 2.75) is 115 Å². The molecule has 3 fully saturated rings. The van der Waals surface area contributed by atoms with Gasteiger partial charge in [-0.05, 0) is 85.7 Å². The lowest BCUT2D eigenvalue weighted by Gasteiger charge is -2.51. The molecule has 3 aliphatic rings. The summed E-state index contributed by atoms with van der Waals surface area (Å²) in [7, 11) is 0. The lowest BCUT2D eigenvalue weighted by molar-refractivity contribution is 0.0686. The first-order chi connectivity index (χ1) is 13.6. The molecule has 0 aliphatic heterocycles. The van der Waals surface area contributed by atoms with E-state index in [0.717, 1.165) is 17.8 Å². The Bertz CT molecular complexity index is 636. The summed E-state index contributed by atoms with van der Waals surface area (Å²) in [6.45, 7) is 4.82. The SMILES string of the molecule is CCC1CC2CC(C)CC(c3cc(C4CCCCCCCC4)ccc3O)(C1)C2. The standard InChI is InChI=1S/C27H42O/c1-3-21-15-22-14-20(2)17-27(18-21,19-22)25-16-24(12-13-26(25)28)23-10-8-6-4-5-7-9-11-23/h12-13,16,20-23,28H,3-11,14-15,17-19H2,1-2H3. The maximum atomic E-state index is 11.0.